The molecule has 0 spiro atoms. The van der Waals surface area contributed by atoms with Crippen LogP contribution in [0.3, 0.4) is 0 Å². The highest BCUT2D eigenvalue weighted by atomic mass is 16.3. The van der Waals surface area contributed by atoms with Crippen molar-refractivity contribution in [2.24, 2.45) is 0 Å². The number of carbonyl (C=O) groups excluding carboxylic acids is 1. The molecule has 1 aliphatic carbocycles. The number of amides is 1. The van der Waals surface area contributed by atoms with E-state index in [1.165, 1.54) is 0 Å². The summed E-state index contributed by atoms with van der Waals surface area (Å²) >= 11 is 0. The van der Waals surface area contributed by atoms with E-state index in [1.54, 1.807) is 18.6 Å². The minimum Gasteiger partial charge on any atom is -0.465 e. The Bertz CT molecular complexity index is 805. The fourth-order valence-electron chi connectivity index (χ4n) is 3.98. The predicted octanol–water partition coefficient (Wildman–Crippen LogP) is 1.63. The number of carbonyl (C=O) groups is 1. The van der Waals surface area contributed by atoms with E-state index in [0.29, 0.717) is 30.8 Å². The molecule has 0 saturated carbocycles. The largest absolute Gasteiger partial charge is 0.465 e. The highest BCUT2D eigenvalue weighted by Gasteiger charge is 2.37. The summed E-state index contributed by atoms with van der Waals surface area (Å²) in [7, 11) is 0. The van der Waals surface area contributed by atoms with E-state index < -0.39 is 5.60 Å². The van der Waals surface area contributed by atoms with Crippen LogP contribution in [-0.2, 0) is 12.8 Å². The Balaban J connectivity index is 1.41. The Morgan fingerprint density at radius 2 is 2.23 bits per heavy atom. The number of β-amino-alcohol motifs (C(OH)–C–C–N with tert-alkyl or cyclic N) is 1. The molecule has 1 fully saturated rings. The first kappa shape index (κ1) is 17.0. The molecule has 1 aliphatic heterocycles. The van der Waals surface area contributed by atoms with Gasteiger partial charge in [0, 0.05) is 44.0 Å². The number of rotatable bonds is 4. The quantitative estimate of drug-likeness (QED) is 0.865. The van der Waals surface area contributed by atoms with E-state index in [2.05, 4.69) is 15.3 Å². The SMILES string of the molecule is Cc1oc2c(c1C(=O)NC[C@]1(O)CCN(c3cnccn3)C1)CCCC2. The van der Waals surface area contributed by atoms with E-state index in [9.17, 15) is 9.90 Å². The van der Waals surface area contributed by atoms with Crippen molar-refractivity contribution in [1.82, 2.24) is 15.3 Å². The maximum atomic E-state index is 12.7. The van der Waals surface area contributed by atoms with Crippen LogP contribution in [0.1, 0.15) is 46.7 Å². The Morgan fingerprint density at radius 3 is 3.04 bits per heavy atom. The topological polar surface area (TPSA) is 91.5 Å². The molecule has 7 nitrogen and oxygen atoms in total. The number of aromatic nitrogens is 2. The van der Waals surface area contributed by atoms with Crippen molar-refractivity contribution in [3.8, 4) is 0 Å². The number of aryl methyl sites for hydroxylation is 2. The van der Waals surface area contributed by atoms with Gasteiger partial charge in [0.05, 0.1) is 11.8 Å². The molecule has 1 amide bonds. The summed E-state index contributed by atoms with van der Waals surface area (Å²) in [6.45, 7) is 3.16. The minimum atomic E-state index is -0.967. The Hall–Kier alpha value is -2.41. The maximum Gasteiger partial charge on any atom is 0.255 e. The van der Waals surface area contributed by atoms with Gasteiger partial charge in [-0.15, -0.1) is 0 Å². The first-order valence-electron chi connectivity index (χ1n) is 9.18. The summed E-state index contributed by atoms with van der Waals surface area (Å²) < 4.78 is 5.78. The molecule has 3 heterocycles. The zero-order valence-electron chi connectivity index (χ0n) is 15.0. The summed E-state index contributed by atoms with van der Waals surface area (Å²) in [4.78, 5) is 23.1. The van der Waals surface area contributed by atoms with Crippen LogP contribution in [0.25, 0.3) is 0 Å². The maximum absolute atomic E-state index is 12.7. The van der Waals surface area contributed by atoms with Crippen LogP contribution in [0.5, 0.6) is 0 Å². The molecular formula is C19H24N4O3. The third-order valence-corrected chi connectivity index (χ3v) is 5.36. The average molecular weight is 356 g/mol. The molecule has 0 aromatic carbocycles. The van der Waals surface area contributed by atoms with Gasteiger partial charge in [0.25, 0.3) is 5.91 Å². The number of hydrogen-bond acceptors (Lipinski definition) is 6. The summed E-state index contributed by atoms with van der Waals surface area (Å²) in [5.41, 5.74) is 0.739. The van der Waals surface area contributed by atoms with Gasteiger partial charge in [-0.2, -0.15) is 0 Å². The van der Waals surface area contributed by atoms with Crippen molar-refractivity contribution in [2.75, 3.05) is 24.5 Å². The number of hydrogen-bond donors (Lipinski definition) is 2. The predicted molar refractivity (Wildman–Crippen MR) is 96.2 cm³/mol. The number of anilines is 1. The summed E-state index contributed by atoms with van der Waals surface area (Å²) in [6.07, 6.45) is 9.51. The zero-order valence-corrected chi connectivity index (χ0v) is 15.0. The van der Waals surface area contributed by atoms with E-state index in [1.807, 2.05) is 11.8 Å². The molecule has 0 bridgehead atoms. The number of nitrogens with zero attached hydrogens (tertiary/aromatic N) is 3. The minimum absolute atomic E-state index is 0.152. The van der Waals surface area contributed by atoms with E-state index >= 15 is 0 Å². The standard InChI is InChI=1S/C19H24N4O3/c1-13-17(14-4-2-3-5-15(14)26-13)18(24)22-11-19(25)6-9-23(12-19)16-10-20-7-8-21-16/h7-8,10,25H,2-6,9,11-12H2,1H3,(H,22,24)/t19-/m1/s1. The number of aliphatic hydroxyl groups is 1. The smallest absolute Gasteiger partial charge is 0.255 e. The highest BCUT2D eigenvalue weighted by molar-refractivity contribution is 5.97. The first-order chi connectivity index (χ1) is 12.6. The van der Waals surface area contributed by atoms with Gasteiger partial charge in [0.1, 0.15) is 22.9 Å². The Kier molecular flexibility index (Phi) is 4.40. The molecule has 7 heteroatoms. The number of fused-ring (bicyclic) bond motifs is 1. The van der Waals surface area contributed by atoms with Gasteiger partial charge in [-0.05, 0) is 32.6 Å². The van der Waals surface area contributed by atoms with Gasteiger partial charge in [-0.25, -0.2) is 4.98 Å². The Labute approximate surface area is 152 Å². The third kappa shape index (κ3) is 3.19. The van der Waals surface area contributed by atoms with Gasteiger partial charge in [0.2, 0.25) is 0 Å². The normalized spacial score (nSPS) is 22.3. The van der Waals surface area contributed by atoms with Crippen molar-refractivity contribution in [3.05, 3.63) is 41.2 Å². The number of furan rings is 1. The van der Waals surface area contributed by atoms with Crippen molar-refractivity contribution >= 4 is 11.7 Å². The van der Waals surface area contributed by atoms with Crippen molar-refractivity contribution in [1.29, 1.82) is 0 Å². The third-order valence-electron chi connectivity index (χ3n) is 5.36. The molecule has 0 radical (unpaired) electrons. The molecule has 2 aromatic heterocycles. The lowest BCUT2D eigenvalue weighted by Gasteiger charge is -2.24. The van der Waals surface area contributed by atoms with Crippen LogP contribution < -0.4 is 10.2 Å². The van der Waals surface area contributed by atoms with Gasteiger partial charge in [-0.3, -0.25) is 9.78 Å². The van der Waals surface area contributed by atoms with Crippen molar-refractivity contribution in [3.63, 3.8) is 0 Å². The lowest BCUT2D eigenvalue weighted by molar-refractivity contribution is 0.0575. The fourth-order valence-corrected chi connectivity index (χ4v) is 3.98. The monoisotopic (exact) mass is 356 g/mol. The van der Waals surface area contributed by atoms with Gasteiger partial charge in [0.15, 0.2) is 0 Å². The zero-order chi connectivity index (χ0) is 18.1. The first-order valence-corrected chi connectivity index (χ1v) is 9.18. The van der Waals surface area contributed by atoms with Crippen LogP contribution in [0.4, 0.5) is 5.82 Å². The van der Waals surface area contributed by atoms with E-state index in [4.69, 9.17) is 4.42 Å². The molecule has 2 aromatic rings. The summed E-state index contributed by atoms with van der Waals surface area (Å²) in [5, 5.41) is 13.8. The van der Waals surface area contributed by atoms with Crippen LogP contribution in [0.2, 0.25) is 0 Å². The molecule has 0 unspecified atom stereocenters. The molecule has 2 aliphatic rings. The van der Waals surface area contributed by atoms with Gasteiger partial charge >= 0.3 is 0 Å². The molecule has 26 heavy (non-hydrogen) atoms. The second kappa shape index (κ2) is 6.72. The second-order valence-electron chi connectivity index (χ2n) is 7.28. The highest BCUT2D eigenvalue weighted by Crippen LogP contribution is 2.30. The lowest BCUT2D eigenvalue weighted by atomic mass is 9.94. The molecule has 1 saturated heterocycles. The number of nitrogens with one attached hydrogen (secondary N) is 1. The average Bonchev–Trinajstić information content (AvgIpc) is 3.21. The molecule has 138 valence electrons. The van der Waals surface area contributed by atoms with Crippen molar-refractivity contribution < 1.29 is 14.3 Å². The van der Waals surface area contributed by atoms with Crippen molar-refractivity contribution in [2.45, 2.75) is 44.6 Å². The van der Waals surface area contributed by atoms with Gasteiger partial charge in [-0.1, -0.05) is 0 Å². The van der Waals surface area contributed by atoms with E-state index in [-0.39, 0.29) is 12.5 Å². The van der Waals surface area contributed by atoms with Crippen LogP contribution in [0.15, 0.2) is 23.0 Å². The molecule has 4 rings (SSSR count). The Morgan fingerprint density at radius 1 is 1.38 bits per heavy atom. The van der Waals surface area contributed by atoms with Crippen LogP contribution in [-0.4, -0.2) is 46.2 Å². The fraction of sp³-hybridized carbons (Fsp3) is 0.526. The van der Waals surface area contributed by atoms with Crippen LogP contribution >= 0.6 is 0 Å². The molecule has 1 atom stereocenters. The molecular weight excluding hydrogens is 332 g/mol. The van der Waals surface area contributed by atoms with E-state index in [0.717, 1.165) is 42.8 Å². The lowest BCUT2D eigenvalue weighted by Crippen LogP contribution is -2.45. The molecule has 2 N–H and O–H groups in total. The van der Waals surface area contributed by atoms with Crippen LogP contribution in [0, 0.1) is 6.92 Å². The second-order valence-corrected chi connectivity index (χ2v) is 7.28. The summed E-state index contributed by atoms with van der Waals surface area (Å²) in [5.74, 6) is 2.22. The van der Waals surface area contributed by atoms with Gasteiger partial charge < -0.3 is 19.7 Å². The summed E-state index contributed by atoms with van der Waals surface area (Å²) in [6, 6.07) is 0.